The van der Waals surface area contributed by atoms with Crippen LogP contribution in [0.1, 0.15) is 0 Å². The molecular formula is C5H5NOSZn. The predicted molar refractivity (Wildman–Crippen MR) is 33.3 cm³/mol. The van der Waals surface area contributed by atoms with Crippen LogP contribution in [0.15, 0.2) is 18.3 Å². The van der Waals surface area contributed by atoms with Crippen LogP contribution in [-0.2, 0) is 19.5 Å². The first-order valence-corrected chi connectivity index (χ1v) is 2.58. The molecule has 44 valence electrons. The molecule has 0 amide bonds. The van der Waals surface area contributed by atoms with Crippen LogP contribution in [0.3, 0.4) is 0 Å². The molecule has 0 saturated carbocycles. The standard InChI is InChI=1S/C5H5NOS.Zn/c7-4-2-1-3-6-5(4)8;/h1-3,7H,(H,6,8);. The Morgan fingerprint density at radius 3 is 2.56 bits per heavy atom. The van der Waals surface area contributed by atoms with Crippen molar-refractivity contribution in [1.29, 1.82) is 0 Å². The van der Waals surface area contributed by atoms with E-state index in [9.17, 15) is 0 Å². The number of hydrogen-bond donors (Lipinski definition) is 2. The molecule has 0 aliphatic heterocycles. The summed E-state index contributed by atoms with van der Waals surface area (Å²) in [5.74, 6) is 0.127. The van der Waals surface area contributed by atoms with Crippen LogP contribution in [-0.4, -0.2) is 10.1 Å². The van der Waals surface area contributed by atoms with Crippen molar-refractivity contribution in [1.82, 2.24) is 4.98 Å². The molecule has 0 bridgehead atoms. The van der Waals surface area contributed by atoms with E-state index in [1.807, 2.05) is 0 Å². The van der Waals surface area contributed by atoms with Crippen LogP contribution in [0.2, 0.25) is 0 Å². The van der Waals surface area contributed by atoms with Crippen LogP contribution in [0, 0.1) is 4.64 Å². The first kappa shape index (κ1) is 8.79. The third-order valence-corrected chi connectivity index (χ3v) is 1.12. The quantitative estimate of drug-likeness (QED) is 0.482. The SMILES string of the molecule is Oc1ccc[nH]c1=S.[Zn]. The van der Waals surface area contributed by atoms with Crippen molar-refractivity contribution < 1.29 is 24.6 Å². The third-order valence-electron chi connectivity index (χ3n) is 0.797. The van der Waals surface area contributed by atoms with E-state index in [1.54, 1.807) is 18.3 Å². The van der Waals surface area contributed by atoms with Gasteiger partial charge in [0.15, 0.2) is 0 Å². The molecule has 0 saturated heterocycles. The second-order valence-electron chi connectivity index (χ2n) is 1.38. The summed E-state index contributed by atoms with van der Waals surface area (Å²) in [6.45, 7) is 0. The minimum Gasteiger partial charge on any atom is -0.505 e. The molecule has 0 fully saturated rings. The van der Waals surface area contributed by atoms with Gasteiger partial charge in [-0.05, 0) is 12.1 Å². The van der Waals surface area contributed by atoms with Crippen molar-refractivity contribution in [3.05, 3.63) is 23.0 Å². The van der Waals surface area contributed by atoms with Gasteiger partial charge in [-0.25, -0.2) is 0 Å². The second kappa shape index (κ2) is 3.75. The zero-order valence-corrected chi connectivity index (χ0v) is 8.58. The Morgan fingerprint density at radius 2 is 2.22 bits per heavy atom. The van der Waals surface area contributed by atoms with Crippen LogP contribution >= 0.6 is 12.2 Å². The summed E-state index contributed by atoms with van der Waals surface area (Å²) in [6.07, 6.45) is 1.67. The maximum Gasteiger partial charge on any atom is 0.150 e. The van der Waals surface area contributed by atoms with E-state index in [1.165, 1.54) is 0 Å². The van der Waals surface area contributed by atoms with E-state index in [-0.39, 0.29) is 25.2 Å². The molecule has 0 radical (unpaired) electrons. The Bertz CT molecular complexity index is 234. The Morgan fingerprint density at radius 1 is 1.56 bits per heavy atom. The normalized spacial score (nSPS) is 8.00. The molecule has 1 aromatic heterocycles. The molecule has 1 aromatic rings. The van der Waals surface area contributed by atoms with Gasteiger partial charge in [0.25, 0.3) is 0 Å². The van der Waals surface area contributed by atoms with Gasteiger partial charge in [-0.1, -0.05) is 12.2 Å². The predicted octanol–water partition coefficient (Wildman–Crippen LogP) is 1.45. The fourth-order valence-electron chi connectivity index (χ4n) is 0.413. The summed E-state index contributed by atoms with van der Waals surface area (Å²) in [7, 11) is 0. The fraction of sp³-hybridized carbons (Fsp3) is 0. The molecule has 9 heavy (non-hydrogen) atoms. The maximum atomic E-state index is 8.78. The van der Waals surface area contributed by atoms with Gasteiger partial charge in [0.1, 0.15) is 10.4 Å². The van der Waals surface area contributed by atoms with Crippen molar-refractivity contribution in [2.45, 2.75) is 0 Å². The van der Waals surface area contributed by atoms with Gasteiger partial charge >= 0.3 is 0 Å². The van der Waals surface area contributed by atoms with E-state index in [0.717, 1.165) is 0 Å². The van der Waals surface area contributed by atoms with Gasteiger partial charge in [-0.3, -0.25) is 0 Å². The molecule has 0 atom stereocenters. The third kappa shape index (κ3) is 2.25. The summed E-state index contributed by atoms with van der Waals surface area (Å²) < 4.78 is 0.382. The second-order valence-corrected chi connectivity index (χ2v) is 1.79. The minimum absolute atomic E-state index is 0. The number of H-pyrrole nitrogens is 1. The fourth-order valence-corrected chi connectivity index (χ4v) is 0.549. The molecule has 4 heteroatoms. The van der Waals surface area contributed by atoms with Crippen molar-refractivity contribution in [3.8, 4) is 5.75 Å². The maximum absolute atomic E-state index is 8.78. The molecule has 2 nitrogen and oxygen atoms in total. The van der Waals surface area contributed by atoms with Gasteiger partial charge in [0.2, 0.25) is 0 Å². The van der Waals surface area contributed by atoms with E-state index in [4.69, 9.17) is 5.11 Å². The average Bonchev–Trinajstić information content (AvgIpc) is 1.77. The molecule has 0 spiro atoms. The smallest absolute Gasteiger partial charge is 0.150 e. The van der Waals surface area contributed by atoms with Crippen molar-refractivity contribution in [2.75, 3.05) is 0 Å². The molecule has 0 unspecified atom stereocenters. The topological polar surface area (TPSA) is 36.0 Å². The molecule has 0 aromatic carbocycles. The first-order chi connectivity index (χ1) is 3.80. The van der Waals surface area contributed by atoms with E-state index in [2.05, 4.69) is 17.2 Å². The molecule has 2 N–H and O–H groups in total. The van der Waals surface area contributed by atoms with Crippen LogP contribution in [0.25, 0.3) is 0 Å². The van der Waals surface area contributed by atoms with Crippen molar-refractivity contribution in [2.24, 2.45) is 0 Å². The number of aromatic amines is 1. The summed E-state index contributed by atoms with van der Waals surface area (Å²) in [5, 5.41) is 8.78. The number of hydrogen-bond acceptors (Lipinski definition) is 2. The van der Waals surface area contributed by atoms with Crippen LogP contribution < -0.4 is 0 Å². The minimum atomic E-state index is 0. The Labute approximate surface area is 70.7 Å². The van der Waals surface area contributed by atoms with Crippen LogP contribution in [0.4, 0.5) is 0 Å². The number of pyridine rings is 1. The van der Waals surface area contributed by atoms with Gasteiger partial charge in [-0.15, -0.1) is 0 Å². The molecular weight excluding hydrogens is 188 g/mol. The van der Waals surface area contributed by atoms with Crippen molar-refractivity contribution in [3.63, 3.8) is 0 Å². The summed E-state index contributed by atoms with van der Waals surface area (Å²) in [4.78, 5) is 2.66. The van der Waals surface area contributed by atoms with Crippen LogP contribution in [0.5, 0.6) is 5.75 Å². The van der Waals surface area contributed by atoms with Gasteiger partial charge < -0.3 is 10.1 Å². The number of nitrogens with one attached hydrogen (secondary N) is 1. The molecule has 0 aliphatic rings. The largest absolute Gasteiger partial charge is 0.505 e. The number of aromatic nitrogens is 1. The van der Waals surface area contributed by atoms with E-state index in [0.29, 0.717) is 4.64 Å². The zero-order valence-electron chi connectivity index (χ0n) is 4.79. The van der Waals surface area contributed by atoms with E-state index < -0.39 is 0 Å². The summed E-state index contributed by atoms with van der Waals surface area (Å²) in [6, 6.07) is 3.23. The summed E-state index contributed by atoms with van der Waals surface area (Å²) in [5.41, 5.74) is 0. The number of rotatable bonds is 0. The zero-order chi connectivity index (χ0) is 5.98. The van der Waals surface area contributed by atoms with E-state index >= 15 is 0 Å². The summed E-state index contributed by atoms with van der Waals surface area (Å²) >= 11 is 4.65. The molecule has 1 rings (SSSR count). The van der Waals surface area contributed by atoms with Gasteiger partial charge in [0.05, 0.1) is 0 Å². The monoisotopic (exact) mass is 191 g/mol. The van der Waals surface area contributed by atoms with Gasteiger partial charge in [0, 0.05) is 25.7 Å². The molecule has 0 aliphatic carbocycles. The Balaban J connectivity index is 0.000000640. The Kier molecular flexibility index (Phi) is 3.66. The first-order valence-electron chi connectivity index (χ1n) is 2.17. The number of aromatic hydroxyl groups is 1. The van der Waals surface area contributed by atoms with Crippen molar-refractivity contribution >= 4 is 12.2 Å². The van der Waals surface area contributed by atoms with Gasteiger partial charge in [-0.2, -0.15) is 0 Å². The molecule has 1 heterocycles. The average molecular weight is 193 g/mol. The Hall–Kier alpha value is -0.207.